The van der Waals surface area contributed by atoms with Crippen LogP contribution in [0.25, 0.3) is 0 Å². The maximum Gasteiger partial charge on any atom is 0.0201 e. The zero-order valence-electron chi connectivity index (χ0n) is 9.21. The number of nitrogens with zero attached hydrogens (tertiary/aromatic N) is 1. The summed E-state index contributed by atoms with van der Waals surface area (Å²) >= 11 is 1.74. The normalized spacial score (nSPS) is 28.2. The van der Waals surface area contributed by atoms with Gasteiger partial charge in [-0.2, -0.15) is 0 Å². The van der Waals surface area contributed by atoms with Crippen molar-refractivity contribution in [3.63, 3.8) is 0 Å². The molecule has 0 aromatic rings. The summed E-state index contributed by atoms with van der Waals surface area (Å²) in [5.41, 5.74) is 0. The highest BCUT2D eigenvalue weighted by atomic mass is 32.2. The molecule has 1 aliphatic rings. The molecule has 1 rings (SSSR count). The Morgan fingerprint density at radius 3 is 2.54 bits per heavy atom. The molecule has 0 aliphatic heterocycles. The van der Waals surface area contributed by atoms with Gasteiger partial charge in [0.05, 0.1) is 0 Å². The number of hydrogen-bond donors (Lipinski definition) is 1. The molecule has 3 heteroatoms. The first kappa shape index (κ1) is 11.3. The van der Waals surface area contributed by atoms with Gasteiger partial charge in [-0.25, -0.2) is 0 Å². The standard InChI is InChI=1S/C10H22N2S/c1-8(2)7-12(3)10-5-9(6-10)11-13-4/h8-11H,5-7H2,1-4H3/t9-,10-. The summed E-state index contributed by atoms with van der Waals surface area (Å²) in [5, 5.41) is 0. The molecule has 1 N–H and O–H groups in total. The maximum absolute atomic E-state index is 3.41. The molecule has 1 fully saturated rings. The third kappa shape index (κ3) is 3.49. The van der Waals surface area contributed by atoms with Crippen molar-refractivity contribution in [3.05, 3.63) is 0 Å². The lowest BCUT2D eigenvalue weighted by Crippen LogP contribution is -2.50. The van der Waals surface area contributed by atoms with Crippen LogP contribution in [0.2, 0.25) is 0 Å². The van der Waals surface area contributed by atoms with Crippen LogP contribution in [0.15, 0.2) is 0 Å². The van der Waals surface area contributed by atoms with Crippen LogP contribution in [0.4, 0.5) is 0 Å². The van der Waals surface area contributed by atoms with E-state index in [2.05, 4.69) is 36.8 Å². The van der Waals surface area contributed by atoms with E-state index in [-0.39, 0.29) is 0 Å². The predicted octanol–water partition coefficient (Wildman–Crippen LogP) is 1.97. The third-order valence-electron chi connectivity index (χ3n) is 2.67. The van der Waals surface area contributed by atoms with Crippen LogP contribution in [0.1, 0.15) is 26.7 Å². The largest absolute Gasteiger partial charge is 0.303 e. The Bertz CT molecular complexity index is 144. The topological polar surface area (TPSA) is 15.3 Å². The summed E-state index contributed by atoms with van der Waals surface area (Å²) in [7, 11) is 2.25. The van der Waals surface area contributed by atoms with E-state index in [9.17, 15) is 0 Å². The molecular formula is C10H22N2S. The highest BCUT2D eigenvalue weighted by Gasteiger charge is 2.31. The molecule has 78 valence electrons. The fraction of sp³-hybridized carbons (Fsp3) is 1.00. The minimum atomic E-state index is 0.759. The van der Waals surface area contributed by atoms with E-state index in [1.54, 1.807) is 11.9 Å². The Hall–Kier alpha value is 0.270. The van der Waals surface area contributed by atoms with Gasteiger partial charge in [-0.05, 0) is 32.1 Å². The van der Waals surface area contributed by atoms with E-state index < -0.39 is 0 Å². The van der Waals surface area contributed by atoms with Gasteiger partial charge in [-0.1, -0.05) is 25.8 Å². The Kier molecular flexibility index (Phi) is 4.56. The van der Waals surface area contributed by atoms with Crippen molar-refractivity contribution in [3.8, 4) is 0 Å². The fourth-order valence-corrected chi connectivity index (χ4v) is 2.46. The Morgan fingerprint density at radius 1 is 1.46 bits per heavy atom. The van der Waals surface area contributed by atoms with Crippen LogP contribution in [-0.4, -0.2) is 36.8 Å². The minimum absolute atomic E-state index is 0.759. The molecule has 0 saturated heterocycles. The van der Waals surface area contributed by atoms with Crippen molar-refractivity contribution in [2.24, 2.45) is 5.92 Å². The molecule has 0 aromatic carbocycles. The van der Waals surface area contributed by atoms with Gasteiger partial charge in [0, 0.05) is 18.6 Å². The van der Waals surface area contributed by atoms with Crippen LogP contribution in [0.5, 0.6) is 0 Å². The summed E-state index contributed by atoms with van der Waals surface area (Å²) < 4.78 is 3.41. The quantitative estimate of drug-likeness (QED) is 0.686. The third-order valence-corrected chi connectivity index (χ3v) is 3.24. The molecule has 2 nitrogen and oxygen atoms in total. The second-order valence-corrected chi connectivity index (χ2v) is 5.12. The molecule has 0 aromatic heterocycles. The van der Waals surface area contributed by atoms with Crippen LogP contribution >= 0.6 is 11.9 Å². The average Bonchev–Trinajstić information content (AvgIpc) is 1.93. The molecule has 0 unspecified atom stereocenters. The van der Waals surface area contributed by atoms with E-state index in [1.807, 2.05) is 0 Å². The molecule has 1 saturated carbocycles. The second kappa shape index (κ2) is 5.23. The molecule has 0 atom stereocenters. The predicted molar refractivity (Wildman–Crippen MR) is 60.9 cm³/mol. The van der Waals surface area contributed by atoms with Gasteiger partial charge in [0.2, 0.25) is 0 Å². The second-order valence-electron chi connectivity index (χ2n) is 4.48. The van der Waals surface area contributed by atoms with Gasteiger partial charge in [-0.15, -0.1) is 0 Å². The molecule has 0 amide bonds. The van der Waals surface area contributed by atoms with Gasteiger partial charge < -0.3 is 4.90 Å². The van der Waals surface area contributed by atoms with Crippen LogP contribution < -0.4 is 4.72 Å². The Labute approximate surface area is 86.6 Å². The molecule has 0 spiro atoms. The SMILES string of the molecule is CSN[C@H]1C[C@H](N(C)CC(C)C)C1. The molecular weight excluding hydrogens is 180 g/mol. The molecule has 0 heterocycles. The summed E-state index contributed by atoms with van der Waals surface area (Å²) in [6, 6.07) is 1.58. The summed E-state index contributed by atoms with van der Waals surface area (Å²) in [6.45, 7) is 5.80. The van der Waals surface area contributed by atoms with Crippen LogP contribution in [0, 0.1) is 5.92 Å². The smallest absolute Gasteiger partial charge is 0.0201 e. The number of hydrogen-bond acceptors (Lipinski definition) is 3. The van der Waals surface area contributed by atoms with Gasteiger partial charge >= 0.3 is 0 Å². The van der Waals surface area contributed by atoms with Gasteiger partial charge in [0.15, 0.2) is 0 Å². The van der Waals surface area contributed by atoms with E-state index in [1.165, 1.54) is 19.4 Å². The van der Waals surface area contributed by atoms with E-state index in [0.29, 0.717) is 0 Å². The van der Waals surface area contributed by atoms with Crippen molar-refractivity contribution in [2.75, 3.05) is 19.8 Å². The fourth-order valence-electron chi connectivity index (χ4n) is 1.94. The molecule has 0 bridgehead atoms. The van der Waals surface area contributed by atoms with Crippen molar-refractivity contribution < 1.29 is 0 Å². The lowest BCUT2D eigenvalue weighted by molar-refractivity contribution is 0.121. The average molecular weight is 202 g/mol. The van der Waals surface area contributed by atoms with E-state index in [0.717, 1.165) is 18.0 Å². The highest BCUT2D eigenvalue weighted by molar-refractivity contribution is 7.96. The molecule has 0 radical (unpaired) electrons. The zero-order valence-corrected chi connectivity index (χ0v) is 10.0. The highest BCUT2D eigenvalue weighted by Crippen LogP contribution is 2.26. The monoisotopic (exact) mass is 202 g/mol. The summed E-state index contributed by atoms with van der Waals surface area (Å²) in [6.07, 6.45) is 4.75. The van der Waals surface area contributed by atoms with Crippen molar-refractivity contribution >= 4 is 11.9 Å². The summed E-state index contributed by atoms with van der Waals surface area (Å²) in [5.74, 6) is 0.789. The first-order chi connectivity index (χ1) is 6.13. The lowest BCUT2D eigenvalue weighted by atomic mass is 9.86. The van der Waals surface area contributed by atoms with E-state index >= 15 is 0 Å². The number of nitrogens with one attached hydrogen (secondary N) is 1. The van der Waals surface area contributed by atoms with Crippen LogP contribution in [0.3, 0.4) is 0 Å². The molecule has 1 aliphatic carbocycles. The molecule has 13 heavy (non-hydrogen) atoms. The van der Waals surface area contributed by atoms with Gasteiger partial charge in [-0.3, -0.25) is 4.72 Å². The Morgan fingerprint density at radius 2 is 2.08 bits per heavy atom. The van der Waals surface area contributed by atoms with Gasteiger partial charge in [0.25, 0.3) is 0 Å². The Balaban J connectivity index is 2.11. The summed E-state index contributed by atoms with van der Waals surface area (Å²) in [4.78, 5) is 2.50. The van der Waals surface area contributed by atoms with Gasteiger partial charge in [0.1, 0.15) is 0 Å². The minimum Gasteiger partial charge on any atom is -0.303 e. The van der Waals surface area contributed by atoms with Crippen LogP contribution in [-0.2, 0) is 0 Å². The first-order valence-corrected chi connectivity index (χ1v) is 6.34. The number of rotatable bonds is 5. The van der Waals surface area contributed by atoms with Crippen molar-refractivity contribution in [1.82, 2.24) is 9.62 Å². The lowest BCUT2D eigenvalue weighted by Gasteiger charge is -2.41. The first-order valence-electron chi connectivity index (χ1n) is 5.12. The van der Waals surface area contributed by atoms with Crippen molar-refractivity contribution in [1.29, 1.82) is 0 Å². The maximum atomic E-state index is 3.41. The zero-order chi connectivity index (χ0) is 9.84. The van der Waals surface area contributed by atoms with E-state index in [4.69, 9.17) is 0 Å². The van der Waals surface area contributed by atoms with Crippen molar-refractivity contribution in [2.45, 2.75) is 38.8 Å².